The summed E-state index contributed by atoms with van der Waals surface area (Å²) in [5.74, 6) is -1.63. The summed E-state index contributed by atoms with van der Waals surface area (Å²) in [6.45, 7) is 0.163. The zero-order valence-electron chi connectivity index (χ0n) is 13.5. The molecule has 0 fully saturated rings. The number of halogens is 3. The van der Waals surface area contributed by atoms with Crippen molar-refractivity contribution in [3.05, 3.63) is 64.5 Å². The molecule has 3 heterocycles. The average Bonchev–Trinajstić information content (AvgIpc) is 3.09. The fraction of sp³-hybridized carbons (Fsp3) is 0.0556. The minimum Gasteiger partial charge on any atom is -0.454 e. The summed E-state index contributed by atoms with van der Waals surface area (Å²) in [4.78, 5) is 19.6. The van der Waals surface area contributed by atoms with Gasteiger partial charge in [0.1, 0.15) is 11.4 Å². The van der Waals surface area contributed by atoms with Gasteiger partial charge in [-0.1, -0.05) is 15.9 Å². The molecule has 1 aromatic carbocycles. The molecule has 0 radical (unpaired) electrons. The Morgan fingerprint density at radius 3 is 2.44 bits per heavy atom. The Kier molecular flexibility index (Phi) is 4.44. The van der Waals surface area contributed by atoms with Crippen molar-refractivity contribution in [3.63, 3.8) is 0 Å². The Bertz CT molecular complexity index is 1020. The third-order valence-electron chi connectivity index (χ3n) is 3.86. The molecular weight excluding hydrogens is 424 g/mol. The number of hydrogen-bond acceptors (Lipinski definition) is 5. The molecule has 0 atom stereocenters. The summed E-state index contributed by atoms with van der Waals surface area (Å²) in [6.07, 6.45) is 3.06. The van der Waals surface area contributed by atoms with Gasteiger partial charge >= 0.3 is 0 Å². The predicted molar refractivity (Wildman–Crippen MR) is 95.6 cm³/mol. The molecule has 1 amide bonds. The highest BCUT2D eigenvalue weighted by Crippen LogP contribution is 2.40. The molecule has 9 heteroatoms. The maximum absolute atomic E-state index is 13.6. The molecular formula is C18H10BrF2N3O3. The van der Waals surface area contributed by atoms with Crippen LogP contribution in [0, 0.1) is 11.6 Å². The van der Waals surface area contributed by atoms with E-state index in [4.69, 9.17) is 9.47 Å². The van der Waals surface area contributed by atoms with Crippen LogP contribution >= 0.6 is 15.9 Å². The van der Waals surface area contributed by atoms with Crippen LogP contribution in [0.3, 0.4) is 0 Å². The number of hydrogen-bond donors (Lipinski definition) is 1. The molecule has 2 aromatic heterocycles. The molecule has 1 aliphatic rings. The van der Waals surface area contributed by atoms with Crippen molar-refractivity contribution in [2.75, 3.05) is 12.1 Å². The van der Waals surface area contributed by atoms with Crippen LogP contribution in [0.4, 0.5) is 14.6 Å². The molecule has 0 unspecified atom stereocenters. The molecule has 0 saturated carbocycles. The van der Waals surface area contributed by atoms with Crippen molar-refractivity contribution in [1.82, 2.24) is 9.97 Å². The Balaban J connectivity index is 1.57. The Morgan fingerprint density at radius 1 is 1.07 bits per heavy atom. The van der Waals surface area contributed by atoms with Gasteiger partial charge in [0.2, 0.25) is 6.79 Å². The number of benzene rings is 1. The van der Waals surface area contributed by atoms with Crippen molar-refractivity contribution < 1.29 is 23.0 Å². The second kappa shape index (κ2) is 6.92. The second-order valence-electron chi connectivity index (χ2n) is 5.55. The second-order valence-corrected chi connectivity index (χ2v) is 6.40. The smallest absolute Gasteiger partial charge is 0.262 e. The number of ether oxygens (including phenoxy) is 2. The summed E-state index contributed by atoms with van der Waals surface area (Å²) < 4.78 is 38.7. The number of anilines is 1. The summed E-state index contributed by atoms with van der Waals surface area (Å²) in [6, 6.07) is 6.84. The lowest BCUT2D eigenvalue weighted by molar-refractivity contribution is 0.101. The molecule has 3 aromatic rings. The molecule has 1 aliphatic heterocycles. The van der Waals surface area contributed by atoms with Gasteiger partial charge in [-0.05, 0) is 24.3 Å². The number of fused-ring (bicyclic) bond motifs is 1. The number of carbonyl (C=O) groups excluding carboxylic acids is 1. The Morgan fingerprint density at radius 2 is 1.78 bits per heavy atom. The van der Waals surface area contributed by atoms with Gasteiger partial charge in [0.05, 0.1) is 12.4 Å². The first-order valence-corrected chi connectivity index (χ1v) is 8.48. The number of rotatable bonds is 3. The quantitative estimate of drug-likeness (QED) is 0.670. The van der Waals surface area contributed by atoms with Gasteiger partial charge in [-0.3, -0.25) is 9.78 Å². The Hall–Kier alpha value is -3.07. The topological polar surface area (TPSA) is 73.3 Å². The molecule has 0 saturated heterocycles. The van der Waals surface area contributed by atoms with E-state index in [1.807, 2.05) is 6.07 Å². The van der Waals surface area contributed by atoms with Crippen LogP contribution in [-0.2, 0) is 0 Å². The van der Waals surface area contributed by atoms with E-state index < -0.39 is 23.1 Å². The largest absolute Gasteiger partial charge is 0.454 e. The van der Waals surface area contributed by atoms with E-state index in [2.05, 4.69) is 31.2 Å². The van der Waals surface area contributed by atoms with Crippen molar-refractivity contribution in [1.29, 1.82) is 0 Å². The van der Waals surface area contributed by atoms with E-state index in [0.29, 0.717) is 11.5 Å². The Labute approximate surface area is 160 Å². The highest BCUT2D eigenvalue weighted by Gasteiger charge is 2.19. The lowest BCUT2D eigenvalue weighted by atomic mass is 10.1. The molecule has 27 heavy (non-hydrogen) atoms. The van der Waals surface area contributed by atoms with Crippen LogP contribution < -0.4 is 14.8 Å². The lowest BCUT2D eigenvalue weighted by Crippen LogP contribution is -2.16. The van der Waals surface area contributed by atoms with Gasteiger partial charge in [0.25, 0.3) is 5.91 Å². The summed E-state index contributed by atoms with van der Waals surface area (Å²) in [7, 11) is 0. The van der Waals surface area contributed by atoms with Crippen LogP contribution in [0.15, 0.2) is 47.3 Å². The summed E-state index contributed by atoms with van der Waals surface area (Å²) in [5.41, 5.74) is 0.852. The van der Waals surface area contributed by atoms with Crippen molar-refractivity contribution in [2.45, 2.75) is 0 Å². The van der Waals surface area contributed by atoms with Crippen LogP contribution in [-0.4, -0.2) is 22.7 Å². The van der Waals surface area contributed by atoms with Gasteiger partial charge in [0.15, 0.2) is 23.1 Å². The zero-order chi connectivity index (χ0) is 19.0. The van der Waals surface area contributed by atoms with Gasteiger partial charge in [0, 0.05) is 21.8 Å². The van der Waals surface area contributed by atoms with Gasteiger partial charge in [-0.2, -0.15) is 0 Å². The van der Waals surface area contributed by atoms with E-state index in [0.717, 1.165) is 28.0 Å². The number of nitrogens with zero attached hydrogens (tertiary/aromatic N) is 2. The molecule has 0 aliphatic carbocycles. The van der Waals surface area contributed by atoms with Gasteiger partial charge in [-0.25, -0.2) is 13.8 Å². The lowest BCUT2D eigenvalue weighted by Gasteiger charge is -2.09. The molecule has 0 spiro atoms. The minimum absolute atomic E-state index is 0.149. The van der Waals surface area contributed by atoms with Crippen molar-refractivity contribution in [3.8, 4) is 22.6 Å². The van der Waals surface area contributed by atoms with Crippen LogP contribution in [0.1, 0.15) is 10.4 Å². The number of nitrogens with one attached hydrogen (secondary N) is 1. The number of amides is 1. The van der Waals surface area contributed by atoms with Crippen molar-refractivity contribution in [2.24, 2.45) is 0 Å². The third kappa shape index (κ3) is 3.33. The molecule has 4 rings (SSSR count). The standard InChI is InChI=1S/C18H10BrF2N3O3/c19-11-4-15-14(26-8-27-15)3-10(11)9-1-2-16(23-5-9)24-18(25)17-12(20)6-22-7-13(17)21/h1-7H,8H2,(H,23,24,25). The van der Waals surface area contributed by atoms with Crippen LogP contribution in [0.25, 0.3) is 11.1 Å². The highest BCUT2D eigenvalue weighted by molar-refractivity contribution is 9.10. The molecule has 6 nitrogen and oxygen atoms in total. The number of aromatic nitrogens is 2. The van der Waals surface area contributed by atoms with Crippen LogP contribution in [0.2, 0.25) is 0 Å². The van der Waals surface area contributed by atoms with E-state index in [1.54, 1.807) is 12.1 Å². The normalized spacial score (nSPS) is 12.1. The van der Waals surface area contributed by atoms with Gasteiger partial charge < -0.3 is 14.8 Å². The van der Waals surface area contributed by atoms with E-state index in [9.17, 15) is 13.6 Å². The van der Waals surface area contributed by atoms with Crippen molar-refractivity contribution >= 4 is 27.7 Å². The average molecular weight is 434 g/mol. The van der Waals surface area contributed by atoms with E-state index >= 15 is 0 Å². The first-order valence-electron chi connectivity index (χ1n) is 7.69. The minimum atomic E-state index is -1.05. The van der Waals surface area contributed by atoms with E-state index in [-0.39, 0.29) is 12.6 Å². The highest BCUT2D eigenvalue weighted by atomic mass is 79.9. The monoisotopic (exact) mass is 433 g/mol. The summed E-state index contributed by atoms with van der Waals surface area (Å²) in [5, 5.41) is 2.36. The first-order chi connectivity index (χ1) is 13.0. The maximum Gasteiger partial charge on any atom is 0.262 e. The zero-order valence-corrected chi connectivity index (χ0v) is 15.1. The fourth-order valence-corrected chi connectivity index (χ4v) is 3.12. The maximum atomic E-state index is 13.6. The summed E-state index contributed by atoms with van der Waals surface area (Å²) >= 11 is 3.47. The molecule has 0 bridgehead atoms. The molecule has 1 N–H and O–H groups in total. The molecule has 136 valence electrons. The van der Waals surface area contributed by atoms with Gasteiger partial charge in [-0.15, -0.1) is 0 Å². The fourth-order valence-electron chi connectivity index (χ4n) is 2.57. The number of pyridine rings is 2. The first kappa shape index (κ1) is 17.3. The van der Waals surface area contributed by atoms with Crippen LogP contribution in [0.5, 0.6) is 11.5 Å². The number of carbonyl (C=O) groups is 1. The predicted octanol–water partition coefficient (Wildman–Crippen LogP) is 4.17. The van der Waals surface area contributed by atoms with E-state index in [1.165, 1.54) is 12.3 Å². The third-order valence-corrected chi connectivity index (χ3v) is 4.51. The SMILES string of the molecule is O=C(Nc1ccc(-c2cc3c(cc2Br)OCO3)cn1)c1c(F)cncc1F.